The number of aromatic nitrogens is 1. The van der Waals surface area contributed by atoms with Gasteiger partial charge >= 0.3 is 6.03 Å². The first-order valence-electron chi connectivity index (χ1n) is 6.42. The van der Waals surface area contributed by atoms with E-state index >= 15 is 0 Å². The lowest BCUT2D eigenvalue weighted by Gasteiger charge is -2.18. The number of methoxy groups -OCH3 is 1. The number of ether oxygens (including phenoxy) is 1. The molecular formula is C13H19N3O5. The van der Waals surface area contributed by atoms with Crippen molar-refractivity contribution in [2.45, 2.75) is 31.9 Å². The van der Waals surface area contributed by atoms with E-state index in [0.29, 0.717) is 5.76 Å². The number of amides is 2. The van der Waals surface area contributed by atoms with Gasteiger partial charge in [-0.1, -0.05) is 11.2 Å². The van der Waals surface area contributed by atoms with Gasteiger partial charge in [0.05, 0.1) is 0 Å². The Kier molecular flexibility index (Phi) is 4.04. The molecule has 0 radical (unpaired) electrons. The molecule has 2 atom stereocenters. The Labute approximate surface area is 122 Å². The largest absolute Gasteiger partial charge is 0.371 e. The number of carbonyl (C=O) groups excluding carboxylic acids is 1. The molecule has 1 aliphatic rings. The molecule has 8 nitrogen and oxygen atoms in total. The molecule has 1 aromatic rings. The first-order chi connectivity index (χ1) is 9.83. The van der Waals surface area contributed by atoms with Crippen molar-refractivity contribution in [1.82, 2.24) is 10.1 Å². The molecule has 0 aliphatic carbocycles. The minimum atomic E-state index is -1.43. The molecule has 1 fully saturated rings. The third-order valence-corrected chi connectivity index (χ3v) is 3.48. The van der Waals surface area contributed by atoms with Crippen LogP contribution in [-0.2, 0) is 10.3 Å². The van der Waals surface area contributed by atoms with Crippen LogP contribution in [0.4, 0.5) is 10.6 Å². The molecule has 1 aromatic heterocycles. The molecule has 2 amide bonds. The Balaban J connectivity index is 2.30. The fraction of sp³-hybridized carbons (Fsp3) is 0.538. The summed E-state index contributed by atoms with van der Waals surface area (Å²) in [5.41, 5.74) is -0.724. The Morgan fingerprint density at radius 3 is 2.76 bits per heavy atom. The monoisotopic (exact) mass is 297 g/mol. The maximum Gasteiger partial charge on any atom is 0.330 e. The molecule has 1 aliphatic heterocycles. The lowest BCUT2D eigenvalue weighted by Crippen LogP contribution is -2.37. The Hall–Kier alpha value is -1.90. The highest BCUT2D eigenvalue weighted by Crippen LogP contribution is 2.31. The van der Waals surface area contributed by atoms with Gasteiger partial charge in [-0.25, -0.2) is 9.69 Å². The molecule has 116 valence electrons. The van der Waals surface area contributed by atoms with Gasteiger partial charge in [0.25, 0.3) is 0 Å². The number of aliphatic hydroxyl groups is 2. The minimum absolute atomic E-state index is 0.109. The maximum atomic E-state index is 12.2. The highest BCUT2D eigenvalue weighted by Gasteiger charge is 2.46. The van der Waals surface area contributed by atoms with Gasteiger partial charge in [-0.2, -0.15) is 0 Å². The first kappa shape index (κ1) is 15.5. The number of hydrogen-bond acceptors (Lipinski definition) is 6. The molecule has 0 aromatic carbocycles. The molecule has 0 bridgehead atoms. The van der Waals surface area contributed by atoms with E-state index in [9.17, 15) is 15.0 Å². The second-order valence-corrected chi connectivity index (χ2v) is 5.18. The van der Waals surface area contributed by atoms with Crippen molar-refractivity contribution in [2.24, 2.45) is 0 Å². The predicted octanol–water partition coefficient (Wildman–Crippen LogP) is 0.621. The van der Waals surface area contributed by atoms with Crippen molar-refractivity contribution in [3.05, 3.63) is 24.5 Å². The molecule has 0 spiro atoms. The zero-order valence-electron chi connectivity index (χ0n) is 12.2. The van der Waals surface area contributed by atoms with Crippen LogP contribution in [0.1, 0.15) is 19.6 Å². The fourth-order valence-corrected chi connectivity index (χ4v) is 1.98. The number of nitrogens with zero attached hydrogens (tertiary/aromatic N) is 3. The summed E-state index contributed by atoms with van der Waals surface area (Å²) in [5.74, 6) is 0.509. The van der Waals surface area contributed by atoms with Crippen LogP contribution in [0.2, 0.25) is 0 Å². The van der Waals surface area contributed by atoms with E-state index < -0.39 is 24.1 Å². The van der Waals surface area contributed by atoms with Gasteiger partial charge in [0.2, 0.25) is 0 Å². The smallest absolute Gasteiger partial charge is 0.330 e. The third kappa shape index (κ3) is 2.53. The van der Waals surface area contributed by atoms with E-state index in [0.717, 1.165) is 9.80 Å². The molecule has 2 unspecified atom stereocenters. The third-order valence-electron chi connectivity index (χ3n) is 3.48. The number of carbonyl (C=O) groups is 1. The Morgan fingerprint density at radius 2 is 2.19 bits per heavy atom. The van der Waals surface area contributed by atoms with Crippen LogP contribution in [-0.4, -0.2) is 52.4 Å². The van der Waals surface area contributed by atoms with Crippen molar-refractivity contribution >= 4 is 11.8 Å². The van der Waals surface area contributed by atoms with E-state index in [2.05, 4.69) is 11.7 Å². The summed E-state index contributed by atoms with van der Waals surface area (Å²) in [6.07, 6.45) is -1.33. The number of urea groups is 1. The molecule has 2 rings (SSSR count). The van der Waals surface area contributed by atoms with Gasteiger partial charge in [0.1, 0.15) is 5.60 Å². The SMILES string of the molecule is C=CCN1C(=O)N(c2cc(C(C)(C)OC)on2)C(O)C1O. The Morgan fingerprint density at radius 1 is 1.52 bits per heavy atom. The van der Waals surface area contributed by atoms with E-state index in [-0.39, 0.29) is 12.4 Å². The van der Waals surface area contributed by atoms with Crippen molar-refractivity contribution < 1.29 is 24.3 Å². The second kappa shape index (κ2) is 5.47. The molecule has 2 N–H and O–H groups in total. The quantitative estimate of drug-likeness (QED) is 0.773. The van der Waals surface area contributed by atoms with E-state index in [1.54, 1.807) is 13.8 Å². The molecular weight excluding hydrogens is 278 g/mol. The zero-order valence-corrected chi connectivity index (χ0v) is 12.2. The van der Waals surface area contributed by atoms with Crippen molar-refractivity contribution in [2.75, 3.05) is 18.6 Å². The summed E-state index contributed by atoms with van der Waals surface area (Å²) in [6.45, 7) is 7.17. The van der Waals surface area contributed by atoms with Crippen LogP contribution in [0.5, 0.6) is 0 Å². The summed E-state index contributed by atoms with van der Waals surface area (Å²) in [4.78, 5) is 14.3. The average molecular weight is 297 g/mol. The van der Waals surface area contributed by atoms with Gasteiger partial charge in [-0.15, -0.1) is 6.58 Å². The van der Waals surface area contributed by atoms with Crippen LogP contribution in [0, 0.1) is 0 Å². The van der Waals surface area contributed by atoms with Crippen LogP contribution >= 0.6 is 0 Å². The van der Waals surface area contributed by atoms with Crippen LogP contribution < -0.4 is 4.90 Å². The lowest BCUT2D eigenvalue weighted by molar-refractivity contribution is -0.0237. The number of hydrogen-bond donors (Lipinski definition) is 2. The summed E-state index contributed by atoms with van der Waals surface area (Å²) < 4.78 is 10.4. The van der Waals surface area contributed by atoms with Crippen molar-refractivity contribution in [1.29, 1.82) is 0 Å². The van der Waals surface area contributed by atoms with Gasteiger partial charge in [0.15, 0.2) is 24.0 Å². The Bertz CT molecular complexity index is 542. The highest BCUT2D eigenvalue weighted by molar-refractivity contribution is 5.94. The zero-order chi connectivity index (χ0) is 15.8. The van der Waals surface area contributed by atoms with Crippen molar-refractivity contribution in [3.8, 4) is 0 Å². The molecule has 0 saturated carbocycles. The van der Waals surface area contributed by atoms with Gasteiger partial charge in [-0.05, 0) is 13.8 Å². The summed E-state index contributed by atoms with van der Waals surface area (Å²) in [6, 6.07) is 0.916. The topological polar surface area (TPSA) is 99.3 Å². The summed E-state index contributed by atoms with van der Waals surface area (Å²) in [7, 11) is 1.52. The lowest BCUT2D eigenvalue weighted by atomic mass is 10.1. The number of rotatable bonds is 5. The predicted molar refractivity (Wildman–Crippen MR) is 73.3 cm³/mol. The first-order valence-corrected chi connectivity index (χ1v) is 6.42. The molecule has 2 heterocycles. The molecule has 21 heavy (non-hydrogen) atoms. The minimum Gasteiger partial charge on any atom is -0.371 e. The van der Waals surface area contributed by atoms with Gasteiger partial charge < -0.3 is 19.5 Å². The molecule has 8 heteroatoms. The normalized spacial score (nSPS) is 23.0. The van der Waals surface area contributed by atoms with E-state index in [1.165, 1.54) is 19.3 Å². The number of aliphatic hydroxyl groups excluding tert-OH is 2. The highest BCUT2D eigenvalue weighted by atomic mass is 16.5. The average Bonchev–Trinajstić information content (AvgIpc) is 3.00. The van der Waals surface area contributed by atoms with Gasteiger partial charge in [-0.3, -0.25) is 4.90 Å². The van der Waals surface area contributed by atoms with Crippen LogP contribution in [0.25, 0.3) is 0 Å². The standard InChI is InChI=1S/C13H19N3O5/c1-5-6-15-10(17)11(18)16(12(15)19)9-7-8(21-14-9)13(2,3)20-4/h5,7,10-11,17-18H,1,6H2,2-4H3. The fourth-order valence-electron chi connectivity index (χ4n) is 1.98. The van der Waals surface area contributed by atoms with Crippen LogP contribution in [0.3, 0.4) is 0 Å². The number of anilines is 1. The van der Waals surface area contributed by atoms with Gasteiger partial charge in [0, 0.05) is 19.7 Å². The van der Waals surface area contributed by atoms with E-state index in [4.69, 9.17) is 9.26 Å². The molecule has 1 saturated heterocycles. The van der Waals surface area contributed by atoms with Crippen molar-refractivity contribution in [3.63, 3.8) is 0 Å². The second-order valence-electron chi connectivity index (χ2n) is 5.18. The maximum absolute atomic E-state index is 12.2. The van der Waals surface area contributed by atoms with Crippen LogP contribution in [0.15, 0.2) is 23.2 Å². The van der Waals surface area contributed by atoms with E-state index in [1.807, 2.05) is 0 Å². The summed E-state index contributed by atoms with van der Waals surface area (Å²) in [5, 5.41) is 23.7. The summed E-state index contributed by atoms with van der Waals surface area (Å²) >= 11 is 0.